The van der Waals surface area contributed by atoms with Crippen molar-refractivity contribution in [2.75, 3.05) is 33.2 Å². The van der Waals surface area contributed by atoms with Crippen LogP contribution in [0.25, 0.3) is 0 Å². The van der Waals surface area contributed by atoms with E-state index in [4.69, 9.17) is 4.74 Å². The maximum absolute atomic E-state index is 12.6. The van der Waals surface area contributed by atoms with Crippen LogP contribution >= 0.6 is 0 Å². The molecular weight excluding hydrogens is 671 g/mol. The second kappa shape index (κ2) is 37.0. The van der Waals surface area contributed by atoms with Gasteiger partial charge < -0.3 is 24.6 Å². The van der Waals surface area contributed by atoms with Crippen molar-refractivity contribution in [3.8, 4) is 0 Å². The Morgan fingerprint density at radius 3 is 1.70 bits per heavy atom. The van der Waals surface area contributed by atoms with E-state index in [0.29, 0.717) is 44.6 Å². The van der Waals surface area contributed by atoms with Gasteiger partial charge in [0.2, 0.25) is 7.28 Å². The molecule has 2 N–H and O–H groups in total. The second-order valence-electron chi connectivity index (χ2n) is 16.2. The summed E-state index contributed by atoms with van der Waals surface area (Å²) in [6.45, 7) is 17.2. The number of hydrogen-bond donors (Lipinski definition) is 2. The summed E-state index contributed by atoms with van der Waals surface area (Å²) in [4.78, 5) is 29.5. The van der Waals surface area contributed by atoms with Crippen molar-refractivity contribution in [2.24, 2.45) is 0 Å². The Hall–Kier alpha value is -1.64. The van der Waals surface area contributed by atoms with Crippen molar-refractivity contribution in [2.45, 2.75) is 226 Å². The summed E-state index contributed by atoms with van der Waals surface area (Å²) in [5, 5.41) is 22.0. The number of esters is 1. The molecule has 4 atom stereocenters. The zero-order valence-corrected chi connectivity index (χ0v) is 36.5. The predicted octanol–water partition coefficient (Wildman–Crippen LogP) is 11.2. The Labute approximate surface area is 335 Å². The molecule has 0 rings (SSSR count). The van der Waals surface area contributed by atoms with E-state index in [-0.39, 0.29) is 17.8 Å². The zero-order chi connectivity index (χ0) is 40.2. The third-order valence-electron chi connectivity index (χ3n) is 11.0. The van der Waals surface area contributed by atoms with E-state index in [0.717, 1.165) is 89.4 Å². The lowest BCUT2D eigenvalue weighted by Crippen LogP contribution is -2.41. The van der Waals surface area contributed by atoms with Crippen LogP contribution in [0.15, 0.2) is 24.4 Å². The van der Waals surface area contributed by atoms with E-state index in [1.165, 1.54) is 70.6 Å². The Balaban J connectivity index is 4.58. The highest BCUT2D eigenvalue weighted by molar-refractivity contribution is 6.75. The summed E-state index contributed by atoms with van der Waals surface area (Å²) in [5.41, 5.74) is 1.40. The summed E-state index contributed by atoms with van der Waals surface area (Å²) >= 11 is 0. The second-order valence-corrected chi connectivity index (χ2v) is 16.2. The van der Waals surface area contributed by atoms with Crippen LogP contribution in [0.2, 0.25) is 5.82 Å². The van der Waals surface area contributed by atoms with E-state index in [1.54, 1.807) is 6.08 Å². The number of aliphatic hydroxyl groups excluding tert-OH is 2. The predicted molar refractivity (Wildman–Crippen MR) is 232 cm³/mol. The Morgan fingerprint density at radius 2 is 1.17 bits per heavy atom. The fourth-order valence-corrected chi connectivity index (χ4v) is 7.17. The average Bonchev–Trinajstić information content (AvgIpc) is 3.15. The molecule has 0 amide bonds. The van der Waals surface area contributed by atoms with Crippen LogP contribution in [0, 0.1) is 0 Å². The first-order chi connectivity index (χ1) is 26.1. The fourth-order valence-electron chi connectivity index (χ4n) is 7.17. The maximum Gasteiger partial charge on any atom is 0.306 e. The van der Waals surface area contributed by atoms with Crippen LogP contribution in [0.4, 0.5) is 0 Å². The summed E-state index contributed by atoms with van der Waals surface area (Å²) in [7, 11) is 4.04. The van der Waals surface area contributed by atoms with Gasteiger partial charge in [0, 0.05) is 45.3 Å². The third-order valence-corrected chi connectivity index (χ3v) is 11.0. The maximum atomic E-state index is 12.6. The number of unbranched alkanes of at least 4 members (excludes halogenated alkanes) is 14. The highest BCUT2D eigenvalue weighted by Crippen LogP contribution is 2.21. The fraction of sp³-hybridized carbons (Fsp3) is 0.870. The quantitative estimate of drug-likeness (QED) is 0.0278. The minimum atomic E-state index is -0.490. The molecule has 0 aromatic rings. The van der Waals surface area contributed by atoms with Crippen molar-refractivity contribution in [3.05, 3.63) is 24.4 Å². The van der Waals surface area contributed by atoms with Crippen LogP contribution < -0.4 is 0 Å². The van der Waals surface area contributed by atoms with Gasteiger partial charge in [0.15, 0.2) is 0 Å². The van der Waals surface area contributed by atoms with Gasteiger partial charge in [-0.1, -0.05) is 155 Å². The summed E-state index contributed by atoms with van der Waals surface area (Å²) in [6, 6.07) is 0. The highest BCUT2D eigenvalue weighted by atomic mass is 16.5. The molecule has 0 bridgehead atoms. The number of aliphatic hydroxyl groups is 2. The van der Waals surface area contributed by atoms with Crippen LogP contribution in [0.5, 0.6) is 0 Å². The number of carbonyl (C=O) groups is 2. The van der Waals surface area contributed by atoms with E-state index in [2.05, 4.69) is 58.0 Å². The number of nitrogens with zero attached hydrogens (tertiary/aromatic N) is 2. The van der Waals surface area contributed by atoms with E-state index < -0.39 is 12.2 Å². The van der Waals surface area contributed by atoms with Gasteiger partial charge in [-0.3, -0.25) is 9.69 Å². The molecule has 7 nitrogen and oxygen atoms in total. The number of hydrogen-bond acceptors (Lipinski definition) is 7. The van der Waals surface area contributed by atoms with Gasteiger partial charge in [-0.15, -0.1) is 0 Å². The summed E-state index contributed by atoms with van der Waals surface area (Å²) in [6.07, 6.45) is 29.7. The van der Waals surface area contributed by atoms with Crippen molar-refractivity contribution in [1.29, 1.82) is 0 Å². The SMILES string of the molecule is C=C/C=C(/C)N(C)CCN(CC(O)CCCCCC(=O)[B]C(CC)CCCCCCCC)CC(O)CCCCCC(=O)OC(CC)CCCCCCCC. The molecule has 0 fully saturated rings. The standard InChI is InChI=1S/C46H88BN2O5/c1-8-13-15-17-19-23-30-41(11-4)47-45(52)34-27-21-24-31-42(50)38-49(37-36-48(7)40(6)29-10-3)39-43(51)32-25-22-28-35-46(53)54-44(12-5)33-26-20-18-16-14-9-2/h10,29,41-44,50-51H,3,8-9,11-28,30-39H2,1-2,4-7H3/b40-29-. The molecular formula is C46H88BN2O5. The Kier molecular flexibility index (Phi) is 35.9. The van der Waals surface area contributed by atoms with Gasteiger partial charge in [0.1, 0.15) is 6.10 Å². The smallest absolute Gasteiger partial charge is 0.306 e. The van der Waals surface area contributed by atoms with Crippen LogP contribution in [-0.4, -0.2) is 90.5 Å². The summed E-state index contributed by atoms with van der Waals surface area (Å²) in [5.74, 6) is 0.316. The van der Waals surface area contributed by atoms with Gasteiger partial charge in [-0.05, 0) is 64.4 Å². The first-order valence-corrected chi connectivity index (χ1v) is 22.8. The Morgan fingerprint density at radius 1 is 0.667 bits per heavy atom. The molecule has 0 aromatic carbocycles. The lowest BCUT2D eigenvalue weighted by Gasteiger charge is -2.30. The minimum Gasteiger partial charge on any atom is -0.462 e. The lowest BCUT2D eigenvalue weighted by molar-refractivity contribution is -0.149. The molecule has 315 valence electrons. The lowest BCUT2D eigenvalue weighted by atomic mass is 9.57. The van der Waals surface area contributed by atoms with Crippen molar-refractivity contribution in [3.63, 3.8) is 0 Å². The Bertz CT molecular complexity index is 875. The van der Waals surface area contributed by atoms with E-state index in [1.807, 2.05) is 13.4 Å². The first-order valence-electron chi connectivity index (χ1n) is 22.8. The van der Waals surface area contributed by atoms with Gasteiger partial charge >= 0.3 is 5.97 Å². The molecule has 1 radical (unpaired) electrons. The molecule has 0 aliphatic heterocycles. The molecule has 0 saturated carbocycles. The zero-order valence-electron chi connectivity index (χ0n) is 36.5. The van der Waals surface area contributed by atoms with Crippen molar-refractivity contribution in [1.82, 2.24) is 9.80 Å². The molecule has 8 heteroatoms. The molecule has 54 heavy (non-hydrogen) atoms. The number of likely N-dealkylation sites (N-methyl/N-ethyl adjacent to an activating group) is 1. The summed E-state index contributed by atoms with van der Waals surface area (Å²) < 4.78 is 5.77. The van der Waals surface area contributed by atoms with Gasteiger partial charge in [-0.25, -0.2) is 0 Å². The van der Waals surface area contributed by atoms with Crippen LogP contribution in [0.1, 0.15) is 202 Å². The van der Waals surface area contributed by atoms with Gasteiger partial charge in [0.05, 0.1) is 17.9 Å². The van der Waals surface area contributed by atoms with Gasteiger partial charge in [0.25, 0.3) is 0 Å². The number of ether oxygens (including phenoxy) is 1. The molecule has 0 aromatic heterocycles. The van der Waals surface area contributed by atoms with Crippen molar-refractivity contribution >= 4 is 18.9 Å². The third kappa shape index (κ3) is 31.6. The monoisotopic (exact) mass is 760 g/mol. The normalized spacial score (nSPS) is 14.1. The molecule has 0 aliphatic carbocycles. The molecule has 0 spiro atoms. The minimum absolute atomic E-state index is 0.0350. The highest BCUT2D eigenvalue weighted by Gasteiger charge is 2.18. The largest absolute Gasteiger partial charge is 0.462 e. The molecule has 0 heterocycles. The number of allylic oxidation sites excluding steroid dienone is 3. The van der Waals surface area contributed by atoms with Gasteiger partial charge in [-0.2, -0.15) is 0 Å². The van der Waals surface area contributed by atoms with E-state index >= 15 is 0 Å². The topological polar surface area (TPSA) is 90.3 Å². The molecule has 0 saturated heterocycles. The van der Waals surface area contributed by atoms with E-state index in [9.17, 15) is 19.8 Å². The molecule has 4 unspecified atom stereocenters. The van der Waals surface area contributed by atoms with Crippen LogP contribution in [0.3, 0.4) is 0 Å². The first kappa shape index (κ1) is 52.4. The van der Waals surface area contributed by atoms with Crippen LogP contribution in [-0.2, 0) is 14.3 Å². The number of carbonyl (C=O) groups excluding carboxylic acids is 2. The van der Waals surface area contributed by atoms with Crippen molar-refractivity contribution < 1.29 is 24.5 Å². The molecule has 0 aliphatic rings. The average molecular weight is 760 g/mol. The number of rotatable bonds is 40.